The molecule has 0 N–H and O–H groups in total. The van der Waals surface area contributed by atoms with Crippen LogP contribution in [0.1, 0.15) is 0 Å². The van der Waals surface area contributed by atoms with Crippen LogP contribution in [0.3, 0.4) is 0 Å². The van der Waals surface area contributed by atoms with E-state index in [2.05, 4.69) is 217 Å². The van der Waals surface area contributed by atoms with E-state index in [1.54, 1.807) is 0 Å². The van der Waals surface area contributed by atoms with Crippen molar-refractivity contribution in [1.82, 2.24) is 19.6 Å². The zero-order valence-corrected chi connectivity index (χ0v) is 34.3. The minimum Gasteiger partial charge on any atom is -0.231 e. The highest BCUT2D eigenvalue weighted by atomic mass is 32.1. The highest BCUT2D eigenvalue weighted by Crippen LogP contribution is 2.42. The molecule has 0 fully saturated rings. The van der Waals surface area contributed by atoms with Gasteiger partial charge in [0.2, 0.25) is 0 Å². The van der Waals surface area contributed by atoms with Crippen LogP contribution in [0.2, 0.25) is 0 Å². The molecule has 4 heterocycles. The molecule has 0 saturated carbocycles. The molecule has 12 rings (SSSR count). The van der Waals surface area contributed by atoms with Crippen molar-refractivity contribution < 1.29 is 0 Å². The Morgan fingerprint density at radius 1 is 0.355 bits per heavy atom. The second-order valence-electron chi connectivity index (χ2n) is 15.6. The first-order valence-corrected chi connectivity index (χ1v) is 21.7. The first-order valence-electron chi connectivity index (χ1n) is 20.8. The number of fused-ring (bicyclic) bond motifs is 6. The SMILES string of the molecule is c1ccc(-c2cc(-c3cccc(-c4ccc5sc6ccccc6c5c4)c3)nc(-c3cccc(-c4c(-c5ccccc5)nn5c(-c6ccccc6)cc6ccccc6c45)c3)n2)cc1. The Bertz CT molecular complexity index is 3630. The van der Waals surface area contributed by atoms with Gasteiger partial charge in [-0.25, -0.2) is 14.5 Å². The first-order chi connectivity index (χ1) is 30.7. The Labute approximate surface area is 362 Å². The molecule has 290 valence electrons. The van der Waals surface area contributed by atoms with Crippen LogP contribution in [0.15, 0.2) is 218 Å². The van der Waals surface area contributed by atoms with Crippen molar-refractivity contribution in [3.05, 3.63) is 218 Å². The van der Waals surface area contributed by atoms with Gasteiger partial charge in [0.15, 0.2) is 5.82 Å². The van der Waals surface area contributed by atoms with E-state index < -0.39 is 0 Å². The molecule has 0 bridgehead atoms. The Morgan fingerprint density at radius 2 is 0.919 bits per heavy atom. The lowest BCUT2D eigenvalue weighted by molar-refractivity contribution is 0.979. The zero-order chi connectivity index (χ0) is 41.0. The summed E-state index contributed by atoms with van der Waals surface area (Å²) in [6.07, 6.45) is 0. The van der Waals surface area contributed by atoms with Gasteiger partial charge in [-0.15, -0.1) is 11.3 Å². The van der Waals surface area contributed by atoms with E-state index in [4.69, 9.17) is 15.1 Å². The summed E-state index contributed by atoms with van der Waals surface area (Å²) in [5.41, 5.74) is 14.3. The van der Waals surface area contributed by atoms with Crippen LogP contribution in [0.25, 0.3) is 115 Å². The molecule has 4 nitrogen and oxygen atoms in total. The van der Waals surface area contributed by atoms with Crippen molar-refractivity contribution in [2.45, 2.75) is 0 Å². The van der Waals surface area contributed by atoms with Crippen molar-refractivity contribution in [1.29, 1.82) is 0 Å². The second-order valence-corrected chi connectivity index (χ2v) is 16.7. The zero-order valence-electron chi connectivity index (χ0n) is 33.5. The lowest BCUT2D eigenvalue weighted by Crippen LogP contribution is -1.97. The minimum atomic E-state index is 0.660. The van der Waals surface area contributed by atoms with E-state index in [-0.39, 0.29) is 0 Å². The number of thiophene rings is 1. The smallest absolute Gasteiger partial charge is 0.160 e. The number of nitrogens with zero attached hydrogens (tertiary/aromatic N) is 4. The molecule has 0 spiro atoms. The summed E-state index contributed by atoms with van der Waals surface area (Å²) in [5, 5.41) is 10.3. The average molecular weight is 809 g/mol. The summed E-state index contributed by atoms with van der Waals surface area (Å²) < 4.78 is 4.74. The van der Waals surface area contributed by atoms with Gasteiger partial charge < -0.3 is 0 Å². The topological polar surface area (TPSA) is 43.1 Å². The molecule has 5 heteroatoms. The van der Waals surface area contributed by atoms with Crippen LogP contribution in [0.5, 0.6) is 0 Å². The van der Waals surface area contributed by atoms with E-state index in [1.165, 1.54) is 25.7 Å². The van der Waals surface area contributed by atoms with Crippen molar-refractivity contribution in [2.75, 3.05) is 0 Å². The van der Waals surface area contributed by atoms with Crippen LogP contribution in [-0.4, -0.2) is 19.6 Å². The highest BCUT2D eigenvalue weighted by Gasteiger charge is 2.22. The van der Waals surface area contributed by atoms with E-state index in [0.717, 1.165) is 83.6 Å². The molecule has 4 aromatic heterocycles. The number of pyridine rings is 1. The number of hydrogen-bond acceptors (Lipinski definition) is 4. The van der Waals surface area contributed by atoms with E-state index in [1.807, 2.05) is 17.4 Å². The molecule has 0 saturated heterocycles. The fraction of sp³-hybridized carbons (Fsp3) is 0. The van der Waals surface area contributed by atoms with Gasteiger partial charge in [0.25, 0.3) is 0 Å². The molecule has 0 aliphatic carbocycles. The summed E-state index contributed by atoms with van der Waals surface area (Å²) in [6, 6.07) is 77.3. The number of hydrogen-bond donors (Lipinski definition) is 0. The van der Waals surface area contributed by atoms with Gasteiger partial charge in [0, 0.05) is 58.9 Å². The molecular weight excluding hydrogens is 773 g/mol. The molecule has 0 atom stereocenters. The van der Waals surface area contributed by atoms with E-state index in [9.17, 15) is 0 Å². The second kappa shape index (κ2) is 14.9. The van der Waals surface area contributed by atoms with E-state index >= 15 is 0 Å². The summed E-state index contributed by atoms with van der Waals surface area (Å²) in [4.78, 5) is 10.6. The third-order valence-corrected chi connectivity index (χ3v) is 13.0. The summed E-state index contributed by atoms with van der Waals surface area (Å²) in [7, 11) is 0. The molecule has 8 aromatic carbocycles. The van der Waals surface area contributed by atoms with Gasteiger partial charge in [-0.1, -0.05) is 176 Å². The maximum absolute atomic E-state index is 5.44. The van der Waals surface area contributed by atoms with Crippen molar-refractivity contribution in [2.24, 2.45) is 0 Å². The van der Waals surface area contributed by atoms with Crippen molar-refractivity contribution in [3.63, 3.8) is 0 Å². The molecule has 0 unspecified atom stereocenters. The van der Waals surface area contributed by atoms with Crippen molar-refractivity contribution in [3.8, 4) is 78.7 Å². The lowest BCUT2D eigenvalue weighted by Gasteiger charge is -2.12. The lowest BCUT2D eigenvalue weighted by atomic mass is 9.95. The number of benzene rings is 8. The summed E-state index contributed by atoms with van der Waals surface area (Å²) in [5.74, 6) is 0.660. The van der Waals surface area contributed by atoms with Gasteiger partial charge in [-0.3, -0.25) is 0 Å². The monoisotopic (exact) mass is 808 g/mol. The minimum absolute atomic E-state index is 0.660. The largest absolute Gasteiger partial charge is 0.231 e. The Kier molecular flexibility index (Phi) is 8.65. The normalized spacial score (nSPS) is 11.5. The molecule has 0 aliphatic rings. The molecule has 0 aliphatic heterocycles. The average Bonchev–Trinajstić information content (AvgIpc) is 3.94. The Hall–Kier alpha value is -7.99. The molecule has 12 aromatic rings. The van der Waals surface area contributed by atoms with Crippen LogP contribution >= 0.6 is 11.3 Å². The number of aromatic nitrogens is 4. The van der Waals surface area contributed by atoms with Crippen LogP contribution in [0.4, 0.5) is 0 Å². The van der Waals surface area contributed by atoms with Crippen molar-refractivity contribution >= 4 is 47.8 Å². The third kappa shape index (κ3) is 6.26. The first kappa shape index (κ1) is 35.9. The van der Waals surface area contributed by atoms with Gasteiger partial charge >= 0.3 is 0 Å². The molecule has 0 amide bonds. The van der Waals surface area contributed by atoms with Crippen LogP contribution < -0.4 is 0 Å². The predicted molar refractivity (Wildman–Crippen MR) is 259 cm³/mol. The fourth-order valence-electron chi connectivity index (χ4n) is 8.83. The molecule has 62 heavy (non-hydrogen) atoms. The maximum atomic E-state index is 5.44. The maximum Gasteiger partial charge on any atom is 0.160 e. The third-order valence-electron chi connectivity index (χ3n) is 11.8. The quantitative estimate of drug-likeness (QED) is 0.161. The Morgan fingerprint density at radius 3 is 1.71 bits per heavy atom. The Balaban J connectivity index is 1.04. The van der Waals surface area contributed by atoms with Crippen LogP contribution in [0, 0.1) is 0 Å². The van der Waals surface area contributed by atoms with E-state index in [0.29, 0.717) is 5.82 Å². The molecular formula is C57H36N4S. The number of rotatable bonds is 7. The predicted octanol–water partition coefficient (Wildman–Crippen LogP) is 15.3. The molecule has 0 radical (unpaired) electrons. The van der Waals surface area contributed by atoms with Gasteiger partial charge in [-0.05, 0) is 64.5 Å². The summed E-state index contributed by atoms with van der Waals surface area (Å²) >= 11 is 1.84. The highest BCUT2D eigenvalue weighted by molar-refractivity contribution is 7.25. The summed E-state index contributed by atoms with van der Waals surface area (Å²) in [6.45, 7) is 0. The van der Waals surface area contributed by atoms with Gasteiger partial charge in [0.05, 0.1) is 22.6 Å². The van der Waals surface area contributed by atoms with Gasteiger partial charge in [0.1, 0.15) is 5.69 Å². The van der Waals surface area contributed by atoms with Gasteiger partial charge in [-0.2, -0.15) is 5.10 Å². The van der Waals surface area contributed by atoms with Crippen LogP contribution in [-0.2, 0) is 0 Å². The standard InChI is InChI=1S/C57H36N4S/c1-4-16-37(17-5-1)49-36-50(43-24-14-23-40(32-43)41-30-31-53-48(34-41)47-28-12-13-29-52(47)62-53)59-57(58-49)45-26-15-25-44(33-45)54-55(39-20-8-3-9-21-39)60-61-51(38-18-6-2-7-19-38)35-42-22-10-11-27-46(42)56(54)61/h1-36H. The fourth-order valence-corrected chi connectivity index (χ4v) is 9.92.